The quantitative estimate of drug-likeness (QED) is 0.764. The predicted octanol–water partition coefficient (Wildman–Crippen LogP) is 4.81. The maximum Gasteiger partial charge on any atom is 0.416 e. The van der Waals surface area contributed by atoms with E-state index in [4.69, 9.17) is 4.74 Å². The molecule has 0 radical (unpaired) electrons. The standard InChI is InChI=1S/C20H19F3N2O3/c1-3-10-28-18-17-14(8-9-24-18)25-11(2)15(19(26)27)16(17)12-6-4-5-7-13(12)20(21,22)23/h4-9,16,25H,3,10H2,1-2H3,(H,26,27). The van der Waals surface area contributed by atoms with E-state index < -0.39 is 23.6 Å². The summed E-state index contributed by atoms with van der Waals surface area (Å²) in [5, 5.41) is 12.7. The molecule has 2 aromatic rings. The predicted molar refractivity (Wildman–Crippen MR) is 97.3 cm³/mol. The van der Waals surface area contributed by atoms with Gasteiger partial charge in [-0.25, -0.2) is 9.78 Å². The first-order chi connectivity index (χ1) is 13.3. The number of anilines is 1. The Morgan fingerprint density at radius 3 is 2.64 bits per heavy atom. The largest absolute Gasteiger partial charge is 0.478 e. The molecule has 0 saturated carbocycles. The number of carbonyl (C=O) groups is 1. The Balaban J connectivity index is 2.31. The number of aromatic nitrogens is 1. The van der Waals surface area contributed by atoms with Crippen LogP contribution in [0.4, 0.5) is 18.9 Å². The molecule has 1 aromatic carbocycles. The number of fused-ring (bicyclic) bond motifs is 1. The molecule has 1 unspecified atom stereocenters. The summed E-state index contributed by atoms with van der Waals surface area (Å²) in [5.41, 5.74) is -0.164. The Kier molecular flexibility index (Phi) is 5.31. The summed E-state index contributed by atoms with van der Waals surface area (Å²) in [6.45, 7) is 3.72. The fourth-order valence-corrected chi connectivity index (χ4v) is 3.39. The molecule has 148 valence electrons. The van der Waals surface area contributed by atoms with Gasteiger partial charge in [-0.2, -0.15) is 13.2 Å². The van der Waals surface area contributed by atoms with Crippen LogP contribution in [0.2, 0.25) is 0 Å². The second-order valence-corrected chi connectivity index (χ2v) is 6.41. The highest BCUT2D eigenvalue weighted by atomic mass is 19.4. The zero-order valence-corrected chi connectivity index (χ0v) is 15.3. The van der Waals surface area contributed by atoms with Gasteiger partial charge in [0.15, 0.2) is 0 Å². The number of hydrogen-bond donors (Lipinski definition) is 2. The maximum absolute atomic E-state index is 13.7. The van der Waals surface area contributed by atoms with Crippen LogP contribution >= 0.6 is 0 Å². The van der Waals surface area contributed by atoms with Gasteiger partial charge in [0.25, 0.3) is 0 Å². The van der Waals surface area contributed by atoms with Gasteiger partial charge < -0.3 is 15.2 Å². The van der Waals surface area contributed by atoms with Crippen molar-refractivity contribution in [1.82, 2.24) is 4.98 Å². The highest BCUT2D eigenvalue weighted by Gasteiger charge is 2.41. The molecule has 1 aromatic heterocycles. The van der Waals surface area contributed by atoms with E-state index >= 15 is 0 Å². The van der Waals surface area contributed by atoms with Gasteiger partial charge in [0.2, 0.25) is 5.88 Å². The summed E-state index contributed by atoms with van der Waals surface area (Å²) in [7, 11) is 0. The van der Waals surface area contributed by atoms with Crippen molar-refractivity contribution in [3.8, 4) is 5.88 Å². The molecule has 28 heavy (non-hydrogen) atoms. The van der Waals surface area contributed by atoms with Crippen molar-refractivity contribution >= 4 is 11.7 Å². The average Bonchev–Trinajstić information content (AvgIpc) is 2.64. The number of ether oxygens (including phenoxy) is 1. The van der Waals surface area contributed by atoms with Crippen molar-refractivity contribution in [3.63, 3.8) is 0 Å². The molecule has 1 aliphatic heterocycles. The van der Waals surface area contributed by atoms with Crippen molar-refractivity contribution in [2.45, 2.75) is 32.4 Å². The lowest BCUT2D eigenvalue weighted by molar-refractivity contribution is -0.139. The number of alkyl halides is 3. The van der Waals surface area contributed by atoms with E-state index in [1.165, 1.54) is 31.3 Å². The van der Waals surface area contributed by atoms with Gasteiger partial charge in [0, 0.05) is 23.1 Å². The number of nitrogens with zero attached hydrogens (tertiary/aromatic N) is 1. The summed E-state index contributed by atoms with van der Waals surface area (Å²) in [6, 6.07) is 6.59. The number of nitrogens with one attached hydrogen (secondary N) is 1. The van der Waals surface area contributed by atoms with Crippen molar-refractivity contribution < 1.29 is 27.8 Å². The zero-order chi connectivity index (χ0) is 20.5. The van der Waals surface area contributed by atoms with Crippen LogP contribution in [0.1, 0.15) is 42.9 Å². The van der Waals surface area contributed by atoms with Crippen LogP contribution in [0.25, 0.3) is 0 Å². The van der Waals surface area contributed by atoms with Gasteiger partial charge >= 0.3 is 12.1 Å². The summed E-state index contributed by atoms with van der Waals surface area (Å²) < 4.78 is 46.7. The van der Waals surface area contributed by atoms with Crippen molar-refractivity contribution in [2.24, 2.45) is 0 Å². The Morgan fingerprint density at radius 2 is 2.00 bits per heavy atom. The lowest BCUT2D eigenvalue weighted by atomic mass is 9.79. The number of pyridine rings is 1. The molecular weight excluding hydrogens is 373 g/mol. The van der Waals surface area contributed by atoms with Crippen LogP contribution in [0.3, 0.4) is 0 Å². The number of rotatable bonds is 5. The van der Waals surface area contributed by atoms with Crippen molar-refractivity contribution in [1.29, 1.82) is 0 Å². The van der Waals surface area contributed by atoms with Gasteiger partial charge in [0.05, 0.1) is 23.7 Å². The fraction of sp³-hybridized carbons (Fsp3) is 0.300. The molecule has 3 rings (SSSR count). The number of benzene rings is 1. The second kappa shape index (κ2) is 7.53. The number of halogens is 3. The topological polar surface area (TPSA) is 71.5 Å². The number of carboxylic acid groups (broad SMARTS) is 1. The molecule has 0 fully saturated rings. The van der Waals surface area contributed by atoms with E-state index in [9.17, 15) is 23.1 Å². The molecule has 0 spiro atoms. The van der Waals surface area contributed by atoms with Crippen LogP contribution in [0, 0.1) is 0 Å². The van der Waals surface area contributed by atoms with Crippen LogP contribution < -0.4 is 10.1 Å². The fourth-order valence-electron chi connectivity index (χ4n) is 3.39. The van der Waals surface area contributed by atoms with Crippen molar-refractivity contribution in [2.75, 3.05) is 11.9 Å². The van der Waals surface area contributed by atoms with Crippen LogP contribution in [0.15, 0.2) is 47.8 Å². The van der Waals surface area contributed by atoms with E-state index in [0.717, 1.165) is 6.07 Å². The van der Waals surface area contributed by atoms with Crippen LogP contribution in [0.5, 0.6) is 5.88 Å². The van der Waals surface area contributed by atoms with Gasteiger partial charge in [-0.15, -0.1) is 0 Å². The van der Waals surface area contributed by atoms with E-state index in [0.29, 0.717) is 18.7 Å². The molecule has 1 aliphatic rings. The summed E-state index contributed by atoms with van der Waals surface area (Å²) in [6.07, 6.45) is -2.49. The number of aliphatic carboxylic acids is 1. The molecule has 0 aliphatic carbocycles. The molecular formula is C20H19F3N2O3. The maximum atomic E-state index is 13.7. The first kappa shape index (κ1) is 19.7. The van der Waals surface area contributed by atoms with Gasteiger partial charge in [-0.05, 0) is 31.0 Å². The highest BCUT2D eigenvalue weighted by molar-refractivity contribution is 5.93. The van der Waals surface area contributed by atoms with E-state index in [2.05, 4.69) is 10.3 Å². The highest BCUT2D eigenvalue weighted by Crippen LogP contribution is 2.48. The minimum absolute atomic E-state index is 0.125. The zero-order valence-electron chi connectivity index (χ0n) is 15.3. The van der Waals surface area contributed by atoms with Crippen LogP contribution in [-0.2, 0) is 11.0 Å². The molecule has 2 heterocycles. The van der Waals surface area contributed by atoms with E-state index in [1.54, 1.807) is 6.07 Å². The SMILES string of the molecule is CCCOc1nccc2c1C(c1ccccc1C(F)(F)F)C(C(=O)O)=C(C)N2. The van der Waals surface area contributed by atoms with E-state index in [1.807, 2.05) is 6.92 Å². The second-order valence-electron chi connectivity index (χ2n) is 6.41. The number of allylic oxidation sites excluding steroid dienone is 1. The Hall–Kier alpha value is -3.03. The first-order valence-corrected chi connectivity index (χ1v) is 8.74. The smallest absolute Gasteiger partial charge is 0.416 e. The van der Waals surface area contributed by atoms with Gasteiger partial charge in [0.1, 0.15) is 0 Å². The molecule has 1 atom stereocenters. The lowest BCUT2D eigenvalue weighted by Crippen LogP contribution is -2.25. The Bertz CT molecular complexity index is 939. The molecule has 2 N–H and O–H groups in total. The number of hydrogen-bond acceptors (Lipinski definition) is 4. The normalized spacial score (nSPS) is 16.4. The third kappa shape index (κ3) is 3.54. The monoisotopic (exact) mass is 392 g/mol. The Morgan fingerprint density at radius 1 is 1.29 bits per heavy atom. The Labute approximate surface area is 159 Å². The van der Waals surface area contributed by atoms with Gasteiger partial charge in [-0.3, -0.25) is 0 Å². The molecule has 8 heteroatoms. The molecule has 0 bridgehead atoms. The van der Waals surface area contributed by atoms with Crippen molar-refractivity contribution in [3.05, 3.63) is 64.5 Å². The summed E-state index contributed by atoms with van der Waals surface area (Å²) in [4.78, 5) is 16.2. The summed E-state index contributed by atoms with van der Waals surface area (Å²) >= 11 is 0. The minimum atomic E-state index is -4.63. The third-order valence-corrected chi connectivity index (χ3v) is 4.51. The first-order valence-electron chi connectivity index (χ1n) is 8.74. The molecule has 0 saturated heterocycles. The minimum Gasteiger partial charge on any atom is -0.478 e. The van der Waals surface area contributed by atoms with Crippen LogP contribution in [-0.4, -0.2) is 22.7 Å². The lowest BCUT2D eigenvalue weighted by Gasteiger charge is -2.31. The third-order valence-electron chi connectivity index (χ3n) is 4.51. The average molecular weight is 392 g/mol. The van der Waals surface area contributed by atoms with E-state index in [-0.39, 0.29) is 28.3 Å². The van der Waals surface area contributed by atoms with Gasteiger partial charge in [-0.1, -0.05) is 25.1 Å². The number of carboxylic acids is 1. The molecule has 0 amide bonds. The summed E-state index contributed by atoms with van der Waals surface area (Å²) in [5.74, 6) is -2.35. The molecule has 5 nitrogen and oxygen atoms in total.